The van der Waals surface area contributed by atoms with Gasteiger partial charge >= 0.3 is 0 Å². The molecule has 0 aliphatic carbocycles. The molecule has 0 nitrogen and oxygen atoms in total. The molecule has 0 aliphatic heterocycles. The van der Waals surface area contributed by atoms with E-state index >= 15 is 0 Å². The van der Waals surface area contributed by atoms with Crippen molar-refractivity contribution >= 4 is 18.7 Å². The third-order valence-electron chi connectivity index (χ3n) is 1.63. The highest BCUT2D eigenvalue weighted by Gasteiger charge is 1.94. The number of benzene rings is 1. The Hall–Kier alpha value is -0.690. The quantitative estimate of drug-likeness (QED) is 0.623. The first kappa shape index (κ1) is 9.40. The zero-order valence-corrected chi connectivity index (χ0v) is 8.65. The van der Waals surface area contributed by atoms with E-state index < -0.39 is 0 Å². The van der Waals surface area contributed by atoms with Crippen LogP contribution in [0.25, 0.3) is 6.08 Å². The summed E-state index contributed by atoms with van der Waals surface area (Å²) in [4.78, 5) is 1.05. The fraction of sp³-hybridized carbons (Fsp3) is 0.273. The highest BCUT2D eigenvalue weighted by atomic mass is 32.1. The van der Waals surface area contributed by atoms with Crippen LogP contribution < -0.4 is 0 Å². The van der Waals surface area contributed by atoms with Crippen LogP contribution in [0.15, 0.2) is 28.7 Å². The van der Waals surface area contributed by atoms with E-state index in [2.05, 4.69) is 57.7 Å². The smallest absolute Gasteiger partial charge is 0.0115 e. The largest absolute Gasteiger partial charge is 0.143 e. The van der Waals surface area contributed by atoms with Crippen molar-refractivity contribution in [3.8, 4) is 0 Å². The summed E-state index contributed by atoms with van der Waals surface area (Å²) in [5.41, 5.74) is 3.75. The van der Waals surface area contributed by atoms with Crippen LogP contribution >= 0.6 is 12.6 Å². The normalized spacial score (nSPS) is 9.67. The van der Waals surface area contributed by atoms with Crippen molar-refractivity contribution < 1.29 is 0 Å². The van der Waals surface area contributed by atoms with Gasteiger partial charge in [0.1, 0.15) is 0 Å². The second-order valence-electron chi connectivity index (χ2n) is 3.28. The molecule has 0 amide bonds. The molecule has 0 aliphatic rings. The monoisotopic (exact) mass is 178 g/mol. The van der Waals surface area contributed by atoms with E-state index in [1.807, 2.05) is 0 Å². The minimum absolute atomic E-state index is 1.05. The Morgan fingerprint density at radius 2 is 2.00 bits per heavy atom. The SMILES string of the molecule is CC(C)=Cc1ccc(C)cc1S. The van der Waals surface area contributed by atoms with Gasteiger partial charge in [0.05, 0.1) is 0 Å². The number of hydrogen-bond acceptors (Lipinski definition) is 1. The Labute approximate surface area is 79.7 Å². The molecule has 0 spiro atoms. The van der Waals surface area contributed by atoms with Crippen molar-refractivity contribution in [3.63, 3.8) is 0 Å². The fourth-order valence-corrected chi connectivity index (χ4v) is 1.43. The van der Waals surface area contributed by atoms with Gasteiger partial charge in [-0.25, -0.2) is 0 Å². The number of allylic oxidation sites excluding steroid dienone is 1. The van der Waals surface area contributed by atoms with Crippen molar-refractivity contribution in [3.05, 3.63) is 34.9 Å². The first-order chi connectivity index (χ1) is 5.59. The third-order valence-corrected chi connectivity index (χ3v) is 2.02. The third kappa shape index (κ3) is 2.42. The van der Waals surface area contributed by atoms with Crippen LogP contribution in [-0.4, -0.2) is 0 Å². The Kier molecular flexibility index (Phi) is 2.99. The Balaban J connectivity index is 3.10. The highest BCUT2D eigenvalue weighted by Crippen LogP contribution is 2.18. The number of rotatable bonds is 1. The Morgan fingerprint density at radius 1 is 1.33 bits per heavy atom. The maximum absolute atomic E-state index is 4.40. The van der Waals surface area contributed by atoms with Crippen molar-refractivity contribution in [2.24, 2.45) is 0 Å². The van der Waals surface area contributed by atoms with Crippen molar-refractivity contribution in [2.45, 2.75) is 25.7 Å². The lowest BCUT2D eigenvalue weighted by molar-refractivity contribution is 1.33. The maximum Gasteiger partial charge on any atom is 0.0115 e. The predicted octanol–water partition coefficient (Wildman–Crippen LogP) is 3.71. The fourth-order valence-electron chi connectivity index (χ4n) is 1.09. The molecule has 0 radical (unpaired) electrons. The first-order valence-corrected chi connectivity index (χ1v) is 4.49. The van der Waals surface area contributed by atoms with Gasteiger partial charge in [-0.05, 0) is 38.0 Å². The Bertz CT molecular complexity index is 307. The zero-order valence-electron chi connectivity index (χ0n) is 7.76. The van der Waals surface area contributed by atoms with Gasteiger partial charge in [0.15, 0.2) is 0 Å². The molecule has 12 heavy (non-hydrogen) atoms. The van der Waals surface area contributed by atoms with E-state index in [1.165, 1.54) is 16.7 Å². The number of thiol groups is 1. The molecule has 0 saturated carbocycles. The van der Waals surface area contributed by atoms with Crippen molar-refractivity contribution in [1.82, 2.24) is 0 Å². The molecule has 1 rings (SSSR count). The van der Waals surface area contributed by atoms with Crippen LogP contribution in [0.2, 0.25) is 0 Å². The molecule has 1 aromatic carbocycles. The summed E-state index contributed by atoms with van der Waals surface area (Å²) in [5.74, 6) is 0. The molecular weight excluding hydrogens is 164 g/mol. The molecule has 1 heteroatoms. The molecule has 0 fully saturated rings. The van der Waals surface area contributed by atoms with E-state index in [0.717, 1.165) is 4.90 Å². The first-order valence-electron chi connectivity index (χ1n) is 4.04. The van der Waals surface area contributed by atoms with Gasteiger partial charge in [-0.3, -0.25) is 0 Å². The predicted molar refractivity (Wildman–Crippen MR) is 57.8 cm³/mol. The summed E-state index contributed by atoms with van der Waals surface area (Å²) in [5, 5.41) is 0. The molecule has 0 heterocycles. The number of hydrogen-bond donors (Lipinski definition) is 1. The van der Waals surface area contributed by atoms with Gasteiger partial charge in [-0.2, -0.15) is 0 Å². The topological polar surface area (TPSA) is 0 Å². The lowest BCUT2D eigenvalue weighted by Gasteiger charge is -2.01. The second-order valence-corrected chi connectivity index (χ2v) is 3.77. The summed E-state index contributed by atoms with van der Waals surface area (Å²) in [6.45, 7) is 6.26. The molecule has 0 aromatic heterocycles. The summed E-state index contributed by atoms with van der Waals surface area (Å²) in [6, 6.07) is 6.29. The minimum Gasteiger partial charge on any atom is -0.143 e. The Morgan fingerprint density at radius 3 is 2.50 bits per heavy atom. The molecule has 0 saturated heterocycles. The van der Waals surface area contributed by atoms with Gasteiger partial charge in [-0.1, -0.05) is 23.8 Å². The van der Waals surface area contributed by atoms with Crippen LogP contribution in [-0.2, 0) is 0 Å². The summed E-state index contributed by atoms with van der Waals surface area (Å²) in [6.07, 6.45) is 2.14. The van der Waals surface area contributed by atoms with Gasteiger partial charge in [-0.15, -0.1) is 12.6 Å². The molecule has 64 valence electrons. The van der Waals surface area contributed by atoms with E-state index in [0.29, 0.717) is 0 Å². The molecule has 0 atom stereocenters. The maximum atomic E-state index is 4.40. The average molecular weight is 178 g/mol. The van der Waals surface area contributed by atoms with Crippen molar-refractivity contribution in [2.75, 3.05) is 0 Å². The highest BCUT2D eigenvalue weighted by molar-refractivity contribution is 7.80. The molecule has 0 bridgehead atoms. The summed E-state index contributed by atoms with van der Waals surface area (Å²) >= 11 is 4.40. The molecule has 1 aromatic rings. The van der Waals surface area contributed by atoms with E-state index in [9.17, 15) is 0 Å². The van der Waals surface area contributed by atoms with E-state index in [4.69, 9.17) is 0 Å². The van der Waals surface area contributed by atoms with Crippen LogP contribution in [0.4, 0.5) is 0 Å². The lowest BCUT2D eigenvalue weighted by atomic mass is 10.1. The van der Waals surface area contributed by atoms with Gasteiger partial charge < -0.3 is 0 Å². The van der Waals surface area contributed by atoms with Crippen LogP contribution in [0.1, 0.15) is 25.0 Å². The second kappa shape index (κ2) is 3.81. The molecule has 0 unspecified atom stereocenters. The van der Waals surface area contributed by atoms with Gasteiger partial charge in [0.25, 0.3) is 0 Å². The van der Waals surface area contributed by atoms with Gasteiger partial charge in [0.2, 0.25) is 0 Å². The van der Waals surface area contributed by atoms with E-state index in [-0.39, 0.29) is 0 Å². The zero-order chi connectivity index (χ0) is 9.14. The minimum atomic E-state index is 1.05. The van der Waals surface area contributed by atoms with Crippen LogP contribution in [0, 0.1) is 6.92 Å². The summed E-state index contributed by atoms with van der Waals surface area (Å²) in [7, 11) is 0. The molecular formula is C11H14S. The molecule has 0 N–H and O–H groups in total. The standard InChI is InChI=1S/C11H14S/c1-8(2)6-10-5-4-9(3)7-11(10)12/h4-7,12H,1-3H3. The van der Waals surface area contributed by atoms with Crippen LogP contribution in [0.5, 0.6) is 0 Å². The summed E-state index contributed by atoms with van der Waals surface area (Å²) < 4.78 is 0. The van der Waals surface area contributed by atoms with Crippen molar-refractivity contribution in [1.29, 1.82) is 0 Å². The van der Waals surface area contributed by atoms with Crippen LogP contribution in [0.3, 0.4) is 0 Å². The number of aryl methyl sites for hydroxylation is 1. The lowest BCUT2D eigenvalue weighted by Crippen LogP contribution is -1.79. The van der Waals surface area contributed by atoms with Gasteiger partial charge in [0, 0.05) is 4.90 Å². The average Bonchev–Trinajstić information content (AvgIpc) is 1.94. The van der Waals surface area contributed by atoms with E-state index in [1.54, 1.807) is 0 Å².